The molecule has 1 amide bonds. The maximum absolute atomic E-state index is 11.2. The molecule has 0 aromatic carbocycles. The number of hydrogen-bond donors (Lipinski definition) is 2. The van der Waals surface area contributed by atoms with Crippen LogP contribution in [0.2, 0.25) is 0 Å². The second-order valence-electron chi connectivity index (χ2n) is 3.49. The van der Waals surface area contributed by atoms with Crippen molar-refractivity contribution in [3.63, 3.8) is 0 Å². The first-order valence-electron chi connectivity index (χ1n) is 4.84. The molecule has 0 heterocycles. The van der Waals surface area contributed by atoms with Gasteiger partial charge < -0.3 is 10.4 Å². The first kappa shape index (κ1) is 10.8. The summed E-state index contributed by atoms with van der Waals surface area (Å²) < 4.78 is 0. The Morgan fingerprint density at radius 1 is 1.50 bits per heavy atom. The normalized spacial score (nSPS) is 24.9. The Hall–Kier alpha value is -1.32. The summed E-state index contributed by atoms with van der Waals surface area (Å²) >= 11 is 0. The Kier molecular flexibility index (Phi) is 3.68. The number of hydrogen-bond acceptors (Lipinski definition) is 2. The average Bonchev–Trinajstić information content (AvgIpc) is 2.53. The first-order valence-corrected chi connectivity index (χ1v) is 4.84. The van der Waals surface area contributed by atoms with Gasteiger partial charge in [-0.3, -0.25) is 9.59 Å². The van der Waals surface area contributed by atoms with Crippen molar-refractivity contribution in [2.45, 2.75) is 32.2 Å². The second kappa shape index (κ2) is 4.79. The number of nitrogens with one attached hydrogen (secondary N) is 1. The van der Waals surface area contributed by atoms with Crippen LogP contribution in [0, 0.1) is 5.92 Å². The summed E-state index contributed by atoms with van der Waals surface area (Å²) in [6, 6.07) is -0.102. The lowest BCUT2D eigenvalue weighted by molar-refractivity contribution is -0.140. The molecule has 2 N–H and O–H groups in total. The van der Waals surface area contributed by atoms with E-state index in [1.54, 1.807) is 12.2 Å². The number of carbonyl (C=O) groups is 2. The maximum Gasteiger partial charge on any atom is 0.310 e. The number of carboxylic acids is 1. The molecule has 0 aromatic heterocycles. The fourth-order valence-electron chi connectivity index (χ4n) is 1.50. The molecule has 4 heteroatoms. The van der Waals surface area contributed by atoms with Crippen LogP contribution >= 0.6 is 0 Å². The van der Waals surface area contributed by atoms with Gasteiger partial charge in [0, 0.05) is 12.5 Å². The highest BCUT2D eigenvalue weighted by atomic mass is 16.4. The molecule has 0 bridgehead atoms. The molecule has 0 aliphatic heterocycles. The summed E-state index contributed by atoms with van der Waals surface area (Å²) in [5, 5.41) is 11.5. The minimum Gasteiger partial charge on any atom is -0.481 e. The molecule has 0 radical (unpaired) electrons. The SMILES string of the molecule is CCCC(=O)NC1C=CC(C(=O)O)C1. The van der Waals surface area contributed by atoms with Crippen LogP contribution < -0.4 is 5.32 Å². The highest BCUT2D eigenvalue weighted by Gasteiger charge is 2.24. The van der Waals surface area contributed by atoms with Gasteiger partial charge in [-0.15, -0.1) is 0 Å². The van der Waals surface area contributed by atoms with E-state index < -0.39 is 11.9 Å². The fourth-order valence-corrected chi connectivity index (χ4v) is 1.50. The van der Waals surface area contributed by atoms with E-state index in [9.17, 15) is 9.59 Å². The summed E-state index contributed by atoms with van der Waals surface area (Å²) in [6.07, 6.45) is 5.18. The zero-order valence-corrected chi connectivity index (χ0v) is 8.19. The van der Waals surface area contributed by atoms with Gasteiger partial charge in [-0.2, -0.15) is 0 Å². The van der Waals surface area contributed by atoms with Gasteiger partial charge in [0.25, 0.3) is 0 Å². The van der Waals surface area contributed by atoms with E-state index in [0.717, 1.165) is 6.42 Å². The molecule has 0 aromatic rings. The van der Waals surface area contributed by atoms with Gasteiger partial charge in [0.15, 0.2) is 0 Å². The lowest BCUT2D eigenvalue weighted by Gasteiger charge is -2.11. The number of carbonyl (C=O) groups excluding carboxylic acids is 1. The summed E-state index contributed by atoms with van der Waals surface area (Å²) in [5.41, 5.74) is 0. The largest absolute Gasteiger partial charge is 0.481 e. The third kappa shape index (κ3) is 2.87. The molecule has 0 saturated carbocycles. The van der Waals surface area contributed by atoms with E-state index in [1.807, 2.05) is 6.92 Å². The molecule has 4 nitrogen and oxygen atoms in total. The molecule has 78 valence electrons. The predicted molar refractivity (Wildman–Crippen MR) is 51.7 cm³/mol. The van der Waals surface area contributed by atoms with E-state index in [2.05, 4.69) is 5.32 Å². The maximum atomic E-state index is 11.2. The topological polar surface area (TPSA) is 66.4 Å². The predicted octanol–water partition coefficient (Wildman–Crippen LogP) is 0.932. The molecule has 0 saturated heterocycles. The summed E-state index contributed by atoms with van der Waals surface area (Å²) in [5.74, 6) is -1.27. The number of rotatable bonds is 4. The molecule has 14 heavy (non-hydrogen) atoms. The van der Waals surface area contributed by atoms with Crippen molar-refractivity contribution < 1.29 is 14.7 Å². The minimum atomic E-state index is -0.825. The number of carboxylic acid groups (broad SMARTS) is 1. The van der Waals surface area contributed by atoms with Crippen molar-refractivity contribution in [3.8, 4) is 0 Å². The van der Waals surface area contributed by atoms with Crippen molar-refractivity contribution in [2.24, 2.45) is 5.92 Å². The third-order valence-electron chi connectivity index (χ3n) is 2.22. The molecule has 1 aliphatic rings. The quantitative estimate of drug-likeness (QED) is 0.659. The van der Waals surface area contributed by atoms with Gasteiger partial charge in [0.1, 0.15) is 0 Å². The van der Waals surface area contributed by atoms with Gasteiger partial charge >= 0.3 is 5.97 Å². The van der Waals surface area contributed by atoms with Crippen molar-refractivity contribution in [1.82, 2.24) is 5.32 Å². The monoisotopic (exact) mass is 197 g/mol. The van der Waals surface area contributed by atoms with Crippen molar-refractivity contribution >= 4 is 11.9 Å². The van der Waals surface area contributed by atoms with Crippen LogP contribution in [0.3, 0.4) is 0 Å². The van der Waals surface area contributed by atoms with Gasteiger partial charge in [-0.05, 0) is 12.8 Å². The Morgan fingerprint density at radius 2 is 2.21 bits per heavy atom. The molecular formula is C10H15NO3. The van der Waals surface area contributed by atoms with Crippen LogP contribution in [0.15, 0.2) is 12.2 Å². The number of amides is 1. The smallest absolute Gasteiger partial charge is 0.310 e. The highest BCUT2D eigenvalue weighted by Crippen LogP contribution is 2.17. The van der Waals surface area contributed by atoms with E-state index in [-0.39, 0.29) is 11.9 Å². The van der Waals surface area contributed by atoms with Crippen molar-refractivity contribution in [2.75, 3.05) is 0 Å². The lowest BCUT2D eigenvalue weighted by Crippen LogP contribution is -2.32. The van der Waals surface area contributed by atoms with Gasteiger partial charge in [0.2, 0.25) is 5.91 Å². The summed E-state index contributed by atoms with van der Waals surface area (Å²) in [6.45, 7) is 1.93. The fraction of sp³-hybridized carbons (Fsp3) is 0.600. The standard InChI is InChI=1S/C10H15NO3/c1-2-3-9(12)11-8-5-4-7(6-8)10(13)14/h4-5,7-8H,2-3,6H2,1H3,(H,11,12)(H,13,14). The first-order chi connectivity index (χ1) is 6.63. The molecule has 2 atom stereocenters. The van der Waals surface area contributed by atoms with Crippen molar-refractivity contribution in [1.29, 1.82) is 0 Å². The third-order valence-corrected chi connectivity index (χ3v) is 2.22. The second-order valence-corrected chi connectivity index (χ2v) is 3.49. The van der Waals surface area contributed by atoms with Crippen LogP contribution in [0.5, 0.6) is 0 Å². The Labute approximate surface area is 83.0 Å². The molecular weight excluding hydrogens is 182 g/mol. The molecule has 1 aliphatic carbocycles. The Bertz CT molecular complexity index is 260. The van der Waals surface area contributed by atoms with Gasteiger partial charge in [-0.1, -0.05) is 19.1 Å². The van der Waals surface area contributed by atoms with Crippen LogP contribution in [-0.2, 0) is 9.59 Å². The van der Waals surface area contributed by atoms with E-state index in [1.165, 1.54) is 0 Å². The number of aliphatic carboxylic acids is 1. The molecule has 2 unspecified atom stereocenters. The van der Waals surface area contributed by atoms with Crippen molar-refractivity contribution in [3.05, 3.63) is 12.2 Å². The van der Waals surface area contributed by atoms with Crippen LogP contribution in [-0.4, -0.2) is 23.0 Å². The molecule has 0 fully saturated rings. The molecule has 1 rings (SSSR count). The highest BCUT2D eigenvalue weighted by molar-refractivity contribution is 5.77. The average molecular weight is 197 g/mol. The minimum absolute atomic E-state index is 0.00631. The van der Waals surface area contributed by atoms with E-state index in [0.29, 0.717) is 12.8 Å². The molecule has 0 spiro atoms. The lowest BCUT2D eigenvalue weighted by atomic mass is 10.1. The Balaban J connectivity index is 2.33. The van der Waals surface area contributed by atoms with Gasteiger partial charge in [-0.25, -0.2) is 0 Å². The van der Waals surface area contributed by atoms with E-state index >= 15 is 0 Å². The zero-order chi connectivity index (χ0) is 10.6. The van der Waals surface area contributed by atoms with Gasteiger partial charge in [0.05, 0.1) is 5.92 Å². The summed E-state index contributed by atoms with van der Waals surface area (Å²) in [4.78, 5) is 21.8. The summed E-state index contributed by atoms with van der Waals surface area (Å²) in [7, 11) is 0. The Morgan fingerprint density at radius 3 is 2.71 bits per heavy atom. The zero-order valence-electron chi connectivity index (χ0n) is 8.19. The van der Waals surface area contributed by atoms with Crippen LogP contribution in [0.1, 0.15) is 26.2 Å². The van der Waals surface area contributed by atoms with Crippen LogP contribution in [0.25, 0.3) is 0 Å². The van der Waals surface area contributed by atoms with Crippen LogP contribution in [0.4, 0.5) is 0 Å². The van der Waals surface area contributed by atoms with E-state index in [4.69, 9.17) is 5.11 Å².